The molecule has 1 aliphatic heterocycles. The van der Waals surface area contributed by atoms with Crippen molar-refractivity contribution in [2.45, 2.75) is 25.2 Å². The zero-order valence-electron chi connectivity index (χ0n) is 14.1. The van der Waals surface area contributed by atoms with Gasteiger partial charge in [0, 0.05) is 24.0 Å². The zero-order chi connectivity index (χ0) is 17.9. The van der Waals surface area contributed by atoms with E-state index in [1.807, 2.05) is 21.7 Å². The van der Waals surface area contributed by atoms with Gasteiger partial charge in [0.1, 0.15) is 5.82 Å². The summed E-state index contributed by atoms with van der Waals surface area (Å²) in [6.45, 7) is 1.30. The summed E-state index contributed by atoms with van der Waals surface area (Å²) in [6.07, 6.45) is 2.10. The molecule has 1 aliphatic rings. The van der Waals surface area contributed by atoms with Crippen molar-refractivity contribution in [1.29, 1.82) is 0 Å². The second kappa shape index (κ2) is 7.37. The van der Waals surface area contributed by atoms with Crippen molar-refractivity contribution in [2.24, 2.45) is 0 Å². The second-order valence-electron chi connectivity index (χ2n) is 6.44. The topological polar surface area (TPSA) is 59.2 Å². The van der Waals surface area contributed by atoms with E-state index in [1.165, 1.54) is 12.1 Å². The highest BCUT2D eigenvalue weighted by Gasteiger charge is 2.28. The molecule has 1 fully saturated rings. The summed E-state index contributed by atoms with van der Waals surface area (Å²) >= 11 is 1.58. The number of nitrogens with zero attached hydrogens (tertiary/aromatic N) is 3. The molecule has 1 amide bonds. The summed E-state index contributed by atoms with van der Waals surface area (Å²) in [5, 5.41) is 12.3. The van der Waals surface area contributed by atoms with Crippen LogP contribution in [0.25, 0.3) is 11.5 Å². The molecule has 1 aromatic carbocycles. The van der Waals surface area contributed by atoms with Crippen molar-refractivity contribution in [3.63, 3.8) is 0 Å². The van der Waals surface area contributed by atoms with Crippen LogP contribution in [-0.2, 0) is 11.2 Å². The Morgan fingerprint density at radius 1 is 1.27 bits per heavy atom. The van der Waals surface area contributed by atoms with Crippen molar-refractivity contribution in [1.82, 2.24) is 15.1 Å². The van der Waals surface area contributed by atoms with Crippen LogP contribution in [0.1, 0.15) is 30.2 Å². The molecule has 26 heavy (non-hydrogen) atoms. The molecular weight excluding hydrogens is 353 g/mol. The monoisotopic (exact) mass is 371 g/mol. The number of piperidine rings is 1. The van der Waals surface area contributed by atoms with Crippen LogP contribution in [0.2, 0.25) is 0 Å². The minimum atomic E-state index is -0.294. The first kappa shape index (κ1) is 16.9. The largest absolute Gasteiger partial charge is 0.420 e. The number of hydrogen-bond acceptors (Lipinski definition) is 5. The number of rotatable bonds is 4. The van der Waals surface area contributed by atoms with Gasteiger partial charge < -0.3 is 9.32 Å². The highest BCUT2D eigenvalue weighted by molar-refractivity contribution is 7.08. The lowest BCUT2D eigenvalue weighted by atomic mass is 9.97. The standard InChI is InChI=1S/C19H18FN3O2S/c20-16-5-3-13(4-6-16)10-17(24)23-8-1-2-14(11-23)18-21-22-19(25-18)15-7-9-26-12-15/h3-7,9,12,14H,1-2,8,10-11H2/t14-/m0/s1. The molecule has 0 spiro atoms. The number of aromatic nitrogens is 2. The van der Waals surface area contributed by atoms with E-state index in [-0.39, 0.29) is 24.1 Å². The Hall–Kier alpha value is -2.54. The summed E-state index contributed by atoms with van der Waals surface area (Å²) < 4.78 is 18.8. The fraction of sp³-hybridized carbons (Fsp3) is 0.316. The maximum absolute atomic E-state index is 13.0. The second-order valence-corrected chi connectivity index (χ2v) is 7.22. The first-order valence-corrected chi connectivity index (χ1v) is 9.51. The minimum absolute atomic E-state index is 0.0406. The highest BCUT2D eigenvalue weighted by atomic mass is 32.1. The van der Waals surface area contributed by atoms with E-state index in [4.69, 9.17) is 4.42 Å². The Balaban J connectivity index is 1.42. The predicted molar refractivity (Wildman–Crippen MR) is 96.3 cm³/mol. The number of halogens is 1. The van der Waals surface area contributed by atoms with Crippen LogP contribution in [0.4, 0.5) is 4.39 Å². The average Bonchev–Trinajstić information content (AvgIpc) is 3.35. The molecule has 5 nitrogen and oxygen atoms in total. The maximum Gasteiger partial charge on any atom is 0.248 e. The lowest BCUT2D eigenvalue weighted by Gasteiger charge is -2.31. The molecule has 1 saturated heterocycles. The molecule has 4 rings (SSSR count). The Morgan fingerprint density at radius 3 is 2.88 bits per heavy atom. The number of amides is 1. The van der Waals surface area contributed by atoms with Crippen LogP contribution in [0, 0.1) is 5.82 Å². The van der Waals surface area contributed by atoms with Gasteiger partial charge in [-0.3, -0.25) is 4.79 Å². The molecule has 3 aromatic rings. The summed E-state index contributed by atoms with van der Waals surface area (Å²) in [7, 11) is 0. The zero-order valence-corrected chi connectivity index (χ0v) is 14.9. The van der Waals surface area contributed by atoms with Crippen LogP contribution in [0.15, 0.2) is 45.5 Å². The Labute approximate surface area is 154 Å². The summed E-state index contributed by atoms with van der Waals surface area (Å²) in [5.41, 5.74) is 1.74. The molecule has 3 heterocycles. The molecular formula is C19H18FN3O2S. The quantitative estimate of drug-likeness (QED) is 0.698. The average molecular weight is 371 g/mol. The molecule has 134 valence electrons. The predicted octanol–water partition coefficient (Wildman–Crippen LogP) is 3.89. The highest BCUT2D eigenvalue weighted by Crippen LogP contribution is 2.29. The minimum Gasteiger partial charge on any atom is -0.420 e. The molecule has 0 aliphatic carbocycles. The van der Waals surface area contributed by atoms with E-state index >= 15 is 0 Å². The van der Waals surface area contributed by atoms with Gasteiger partial charge in [-0.1, -0.05) is 12.1 Å². The van der Waals surface area contributed by atoms with E-state index in [0.29, 0.717) is 18.3 Å². The molecule has 0 N–H and O–H groups in total. The number of carbonyl (C=O) groups is 1. The summed E-state index contributed by atoms with van der Waals surface area (Å²) in [5.74, 6) is 0.915. The molecule has 7 heteroatoms. The third-order valence-electron chi connectivity index (χ3n) is 4.60. The van der Waals surface area contributed by atoms with Gasteiger partial charge >= 0.3 is 0 Å². The molecule has 0 bridgehead atoms. The van der Waals surface area contributed by atoms with E-state index in [1.54, 1.807) is 23.5 Å². The van der Waals surface area contributed by atoms with E-state index < -0.39 is 0 Å². The summed E-state index contributed by atoms with van der Waals surface area (Å²) in [6, 6.07) is 8.01. The van der Waals surface area contributed by atoms with Crippen molar-refractivity contribution < 1.29 is 13.6 Å². The first-order valence-electron chi connectivity index (χ1n) is 8.57. The smallest absolute Gasteiger partial charge is 0.248 e. The van der Waals surface area contributed by atoms with Crippen LogP contribution in [-0.4, -0.2) is 34.1 Å². The Morgan fingerprint density at radius 2 is 2.12 bits per heavy atom. The maximum atomic E-state index is 13.0. The fourth-order valence-electron chi connectivity index (χ4n) is 3.20. The van der Waals surface area contributed by atoms with Gasteiger partial charge in [0.2, 0.25) is 17.7 Å². The Kier molecular flexibility index (Phi) is 4.79. The van der Waals surface area contributed by atoms with E-state index in [9.17, 15) is 9.18 Å². The molecule has 0 saturated carbocycles. The number of likely N-dealkylation sites (tertiary alicyclic amines) is 1. The van der Waals surface area contributed by atoms with Gasteiger partial charge in [0.05, 0.1) is 12.3 Å². The van der Waals surface area contributed by atoms with Gasteiger partial charge in [-0.2, -0.15) is 11.3 Å². The van der Waals surface area contributed by atoms with Gasteiger partial charge in [-0.15, -0.1) is 10.2 Å². The number of hydrogen-bond donors (Lipinski definition) is 0. The number of benzene rings is 1. The van der Waals surface area contributed by atoms with Crippen molar-refractivity contribution in [3.8, 4) is 11.5 Å². The number of carbonyl (C=O) groups excluding carboxylic acids is 1. The molecule has 0 radical (unpaired) electrons. The van der Waals surface area contributed by atoms with Crippen molar-refractivity contribution in [2.75, 3.05) is 13.1 Å². The van der Waals surface area contributed by atoms with E-state index in [2.05, 4.69) is 10.2 Å². The lowest BCUT2D eigenvalue weighted by molar-refractivity contribution is -0.131. The van der Waals surface area contributed by atoms with Gasteiger partial charge in [0.15, 0.2) is 0 Å². The third-order valence-corrected chi connectivity index (χ3v) is 5.28. The first-order chi connectivity index (χ1) is 12.7. The molecule has 1 atom stereocenters. The van der Waals surface area contributed by atoms with Crippen LogP contribution < -0.4 is 0 Å². The summed E-state index contributed by atoms with van der Waals surface area (Å²) in [4.78, 5) is 14.4. The van der Waals surface area contributed by atoms with Gasteiger partial charge in [-0.25, -0.2) is 4.39 Å². The fourth-order valence-corrected chi connectivity index (χ4v) is 3.83. The van der Waals surface area contributed by atoms with Crippen LogP contribution in [0.3, 0.4) is 0 Å². The third kappa shape index (κ3) is 3.67. The van der Waals surface area contributed by atoms with Crippen molar-refractivity contribution >= 4 is 17.2 Å². The van der Waals surface area contributed by atoms with Gasteiger partial charge in [0.25, 0.3) is 0 Å². The SMILES string of the molecule is O=C(Cc1ccc(F)cc1)N1CCC[C@H](c2nnc(-c3ccsc3)o2)C1. The number of thiophene rings is 1. The van der Waals surface area contributed by atoms with Crippen molar-refractivity contribution in [3.05, 3.63) is 58.4 Å². The Bertz CT molecular complexity index is 877. The molecule has 0 unspecified atom stereocenters. The normalized spacial score (nSPS) is 17.4. The molecule has 2 aromatic heterocycles. The lowest BCUT2D eigenvalue weighted by Crippen LogP contribution is -2.40. The van der Waals surface area contributed by atoms with Crippen LogP contribution >= 0.6 is 11.3 Å². The van der Waals surface area contributed by atoms with Gasteiger partial charge in [-0.05, 0) is 42.0 Å². The van der Waals surface area contributed by atoms with Crippen LogP contribution in [0.5, 0.6) is 0 Å². The van der Waals surface area contributed by atoms with E-state index in [0.717, 1.165) is 30.5 Å².